The number of benzene rings is 1. The summed E-state index contributed by atoms with van der Waals surface area (Å²) in [4.78, 5) is 23.4. The molecule has 0 saturated carbocycles. The monoisotopic (exact) mass is 585 g/mol. The van der Waals surface area contributed by atoms with Crippen LogP contribution in [0.2, 0.25) is 0 Å². The van der Waals surface area contributed by atoms with Crippen LogP contribution in [0.1, 0.15) is 70.4 Å². The number of hydrogen-bond donors (Lipinski definition) is 1. The largest absolute Gasteiger partial charge is 0.479 e. The molecule has 7 nitrogen and oxygen atoms in total. The zero-order valence-corrected chi connectivity index (χ0v) is 24.9. The fourth-order valence-electron chi connectivity index (χ4n) is 5.10. The third-order valence-corrected chi connectivity index (χ3v) is 7.35. The van der Waals surface area contributed by atoms with Gasteiger partial charge in [-0.05, 0) is 69.7 Å². The summed E-state index contributed by atoms with van der Waals surface area (Å²) in [6.45, 7) is 12.8. The molecule has 0 bridgehead atoms. The van der Waals surface area contributed by atoms with E-state index >= 15 is 4.39 Å². The van der Waals surface area contributed by atoms with Gasteiger partial charge in [0.2, 0.25) is 5.88 Å². The zero-order chi connectivity index (χ0) is 30.8. The molecule has 1 aliphatic rings. The van der Waals surface area contributed by atoms with Crippen LogP contribution in [0.4, 0.5) is 18.9 Å². The molecule has 0 aliphatic carbocycles. The van der Waals surface area contributed by atoms with Crippen molar-refractivity contribution >= 4 is 11.7 Å². The first-order valence-electron chi connectivity index (χ1n) is 14.0. The number of ether oxygens (including phenoxy) is 2. The lowest BCUT2D eigenvalue weighted by Gasteiger charge is -2.40. The molecule has 0 radical (unpaired) electrons. The minimum atomic E-state index is -1.30. The Labute approximate surface area is 244 Å². The Hall–Kier alpha value is -3.66. The number of carboxylic acid groups (broad SMARTS) is 1. The predicted molar refractivity (Wildman–Crippen MR) is 154 cm³/mol. The van der Waals surface area contributed by atoms with Gasteiger partial charge in [0.15, 0.2) is 11.9 Å². The van der Waals surface area contributed by atoms with Crippen molar-refractivity contribution in [2.75, 3.05) is 24.6 Å². The van der Waals surface area contributed by atoms with Gasteiger partial charge in [-0.15, -0.1) is 0 Å². The van der Waals surface area contributed by atoms with E-state index in [1.54, 1.807) is 33.9 Å². The van der Waals surface area contributed by atoms with E-state index in [2.05, 4.69) is 28.7 Å². The minimum Gasteiger partial charge on any atom is -0.479 e. The topological polar surface area (TPSA) is 84.8 Å². The number of hydrogen-bond acceptors (Lipinski definition) is 6. The molecule has 2 aromatic heterocycles. The molecule has 1 N–H and O–H groups in total. The molecule has 1 fully saturated rings. The van der Waals surface area contributed by atoms with E-state index in [0.717, 1.165) is 18.9 Å². The van der Waals surface area contributed by atoms with E-state index in [-0.39, 0.29) is 24.3 Å². The summed E-state index contributed by atoms with van der Waals surface area (Å²) in [6.07, 6.45) is 3.70. The fraction of sp³-hybridized carbons (Fsp3) is 0.469. The Morgan fingerprint density at radius 3 is 2.26 bits per heavy atom. The van der Waals surface area contributed by atoms with Crippen molar-refractivity contribution in [1.82, 2.24) is 9.97 Å². The molecule has 10 heteroatoms. The van der Waals surface area contributed by atoms with E-state index in [4.69, 9.17) is 9.47 Å². The summed E-state index contributed by atoms with van der Waals surface area (Å²) in [7, 11) is 0. The van der Waals surface area contributed by atoms with Crippen molar-refractivity contribution in [3.05, 3.63) is 70.9 Å². The Balaban J connectivity index is 1.71. The van der Waals surface area contributed by atoms with Crippen LogP contribution in [0, 0.1) is 29.8 Å². The van der Waals surface area contributed by atoms with E-state index in [0.29, 0.717) is 46.7 Å². The molecule has 1 saturated heterocycles. The number of aromatic nitrogens is 2. The first kappa shape index (κ1) is 31.3. The third-order valence-electron chi connectivity index (χ3n) is 7.35. The highest BCUT2D eigenvalue weighted by atomic mass is 19.1. The van der Waals surface area contributed by atoms with Gasteiger partial charge in [0, 0.05) is 60.4 Å². The van der Waals surface area contributed by atoms with E-state index < -0.39 is 35.1 Å². The zero-order valence-electron chi connectivity index (χ0n) is 24.9. The minimum absolute atomic E-state index is 0.0400. The number of aliphatic carboxylic acids is 1. The van der Waals surface area contributed by atoms with Crippen molar-refractivity contribution in [3.8, 4) is 17.0 Å². The molecule has 0 spiro atoms. The Morgan fingerprint density at radius 2 is 1.69 bits per heavy atom. The Morgan fingerprint density at radius 1 is 1.05 bits per heavy atom. The molecule has 1 aromatic carbocycles. The number of rotatable bonds is 9. The number of carbonyl (C=O) groups is 1. The van der Waals surface area contributed by atoms with Crippen molar-refractivity contribution in [3.63, 3.8) is 0 Å². The molecule has 0 unspecified atom stereocenters. The Bertz CT molecular complexity index is 1430. The number of carboxylic acids is 1. The lowest BCUT2D eigenvalue weighted by atomic mass is 9.82. The third kappa shape index (κ3) is 7.59. The fourth-order valence-corrected chi connectivity index (χ4v) is 5.10. The normalized spacial score (nSPS) is 15.9. The van der Waals surface area contributed by atoms with E-state index in [1.165, 1.54) is 24.4 Å². The molecule has 1 aliphatic heterocycles. The average molecular weight is 586 g/mol. The summed E-state index contributed by atoms with van der Waals surface area (Å²) in [6, 6.07) is 4.44. The molecule has 226 valence electrons. The van der Waals surface area contributed by atoms with Crippen LogP contribution in [-0.4, -0.2) is 46.3 Å². The second kappa shape index (κ2) is 12.3. The van der Waals surface area contributed by atoms with Gasteiger partial charge in [0.05, 0.1) is 17.9 Å². The van der Waals surface area contributed by atoms with Crippen LogP contribution in [0.5, 0.6) is 5.88 Å². The molecular formula is C32H38F3N3O4. The van der Waals surface area contributed by atoms with Crippen LogP contribution >= 0.6 is 0 Å². The molecule has 42 heavy (non-hydrogen) atoms. The van der Waals surface area contributed by atoms with Crippen LogP contribution in [0.15, 0.2) is 36.7 Å². The first-order valence-corrected chi connectivity index (χ1v) is 14.0. The smallest absolute Gasteiger partial charge is 0.337 e. The van der Waals surface area contributed by atoms with Crippen molar-refractivity contribution < 1.29 is 32.5 Å². The van der Waals surface area contributed by atoms with Crippen LogP contribution in [0.3, 0.4) is 0 Å². The highest BCUT2D eigenvalue weighted by Gasteiger charge is 2.36. The lowest BCUT2D eigenvalue weighted by Crippen LogP contribution is -2.39. The number of piperidine rings is 1. The average Bonchev–Trinajstić information content (AvgIpc) is 2.87. The van der Waals surface area contributed by atoms with Gasteiger partial charge in [0.25, 0.3) is 0 Å². The quantitative estimate of drug-likeness (QED) is 0.288. The van der Waals surface area contributed by atoms with Gasteiger partial charge in [-0.2, -0.15) is 0 Å². The molecule has 3 aromatic rings. The maximum Gasteiger partial charge on any atom is 0.337 e. The van der Waals surface area contributed by atoms with Crippen LogP contribution in [0.25, 0.3) is 11.1 Å². The van der Waals surface area contributed by atoms with Crippen molar-refractivity contribution in [2.24, 2.45) is 5.41 Å². The van der Waals surface area contributed by atoms with Gasteiger partial charge < -0.3 is 19.5 Å². The van der Waals surface area contributed by atoms with Gasteiger partial charge in [-0.3, -0.25) is 4.98 Å². The highest BCUT2D eigenvalue weighted by molar-refractivity contribution is 5.86. The lowest BCUT2D eigenvalue weighted by molar-refractivity contribution is -0.160. The second-order valence-electron chi connectivity index (χ2n) is 12.5. The first-order chi connectivity index (χ1) is 19.6. The summed E-state index contributed by atoms with van der Waals surface area (Å²) in [5.41, 5.74) is 2.27. The molecule has 3 heterocycles. The van der Waals surface area contributed by atoms with Gasteiger partial charge in [0.1, 0.15) is 11.6 Å². The molecular weight excluding hydrogens is 547 g/mol. The number of pyridine rings is 2. The SMILES string of the molecule is Cc1ncc(-c2cnc(OCCc3cc(F)cc(F)c3)c(F)c2)c(N2CCC(C)(C)CC2)c1[C@H](OC(C)(C)C)C(=O)O. The second-order valence-corrected chi connectivity index (χ2v) is 12.5. The number of halogens is 3. The highest BCUT2D eigenvalue weighted by Crippen LogP contribution is 2.43. The number of nitrogens with zero attached hydrogens (tertiary/aromatic N) is 3. The predicted octanol–water partition coefficient (Wildman–Crippen LogP) is 7.06. The van der Waals surface area contributed by atoms with E-state index in [9.17, 15) is 18.7 Å². The summed E-state index contributed by atoms with van der Waals surface area (Å²) in [5.74, 6) is -3.52. The van der Waals surface area contributed by atoms with Crippen LogP contribution in [-0.2, 0) is 16.0 Å². The summed E-state index contributed by atoms with van der Waals surface area (Å²) < 4.78 is 53.8. The van der Waals surface area contributed by atoms with Gasteiger partial charge in [-0.1, -0.05) is 13.8 Å². The molecule has 1 atom stereocenters. The maximum absolute atomic E-state index is 15.3. The standard InChI is InChI=1S/C32H38F3N3O4/c1-19-26(28(30(39)40)42-31(2,3)4)27(38-10-8-32(5,6)9-11-38)24(18-36-19)21-15-25(35)29(37-17-21)41-12-7-20-13-22(33)16-23(34)14-20/h13-18,28H,7-12H2,1-6H3,(H,39,40)/t28-/m0/s1. The van der Waals surface area contributed by atoms with Crippen molar-refractivity contribution in [2.45, 2.75) is 72.5 Å². The summed E-state index contributed by atoms with van der Waals surface area (Å²) in [5, 5.41) is 10.3. The molecule has 4 rings (SSSR count). The van der Waals surface area contributed by atoms with Crippen LogP contribution < -0.4 is 9.64 Å². The number of anilines is 1. The van der Waals surface area contributed by atoms with Gasteiger partial charge in [-0.25, -0.2) is 22.9 Å². The van der Waals surface area contributed by atoms with E-state index in [1.807, 2.05) is 0 Å². The number of aryl methyl sites for hydroxylation is 1. The maximum atomic E-state index is 15.3. The van der Waals surface area contributed by atoms with Gasteiger partial charge >= 0.3 is 5.97 Å². The Kier molecular flexibility index (Phi) is 9.15. The molecule has 0 amide bonds. The van der Waals surface area contributed by atoms with Crippen molar-refractivity contribution in [1.29, 1.82) is 0 Å². The summed E-state index contributed by atoms with van der Waals surface area (Å²) >= 11 is 0.